The third-order valence-electron chi connectivity index (χ3n) is 5.58. The second-order valence-electron chi connectivity index (χ2n) is 7.72. The van der Waals surface area contributed by atoms with E-state index in [1.54, 1.807) is 10.9 Å². The van der Waals surface area contributed by atoms with Crippen molar-refractivity contribution in [2.75, 3.05) is 13.1 Å². The number of hydrogen-bond acceptors (Lipinski definition) is 6. The molecule has 9 heteroatoms. The van der Waals surface area contributed by atoms with Crippen molar-refractivity contribution < 1.29 is 4.79 Å². The molecule has 3 aromatic rings. The molecule has 0 spiro atoms. The fourth-order valence-electron chi connectivity index (χ4n) is 3.89. The van der Waals surface area contributed by atoms with Crippen molar-refractivity contribution in [3.63, 3.8) is 0 Å². The van der Waals surface area contributed by atoms with Gasteiger partial charge in [0.1, 0.15) is 12.4 Å². The standard InChI is InChI=1S/C21H28N8O/c1-17-22-10-14-28(17)13-9-19(18-7-3-2-4-8-18)23-21(30)16-29-20(24-25-26-29)15-27-11-5-6-12-27/h2-4,7-8,10,14,19H,5-6,9,11-13,15-16H2,1H3,(H,23,30)/t19-/m1/s1. The molecule has 0 bridgehead atoms. The van der Waals surface area contributed by atoms with Gasteiger partial charge in [-0.1, -0.05) is 30.3 Å². The van der Waals surface area contributed by atoms with Gasteiger partial charge in [-0.3, -0.25) is 9.69 Å². The van der Waals surface area contributed by atoms with Crippen molar-refractivity contribution in [2.24, 2.45) is 0 Å². The van der Waals surface area contributed by atoms with E-state index in [0.717, 1.165) is 43.3 Å². The highest BCUT2D eigenvalue weighted by atomic mass is 16.2. The zero-order valence-electron chi connectivity index (χ0n) is 17.3. The van der Waals surface area contributed by atoms with E-state index in [0.29, 0.717) is 6.54 Å². The Bertz CT molecular complexity index is 945. The quantitative estimate of drug-likeness (QED) is 0.579. The topological polar surface area (TPSA) is 93.8 Å². The van der Waals surface area contributed by atoms with Crippen LogP contribution in [0.5, 0.6) is 0 Å². The minimum Gasteiger partial charge on any atom is -0.348 e. The molecule has 1 aliphatic rings. The Hall–Kier alpha value is -3.07. The molecule has 0 unspecified atom stereocenters. The van der Waals surface area contributed by atoms with Crippen molar-refractivity contribution >= 4 is 5.91 Å². The van der Waals surface area contributed by atoms with Gasteiger partial charge in [0.15, 0.2) is 5.82 Å². The number of nitrogens with one attached hydrogen (secondary N) is 1. The number of likely N-dealkylation sites (tertiary alicyclic amines) is 1. The molecule has 1 N–H and O–H groups in total. The predicted molar refractivity (Wildman–Crippen MR) is 111 cm³/mol. The summed E-state index contributed by atoms with van der Waals surface area (Å²) in [5.74, 6) is 1.60. The fraction of sp³-hybridized carbons (Fsp3) is 0.476. The van der Waals surface area contributed by atoms with Crippen LogP contribution in [-0.4, -0.2) is 53.7 Å². The number of benzene rings is 1. The first kappa shape index (κ1) is 20.2. The van der Waals surface area contributed by atoms with E-state index in [4.69, 9.17) is 0 Å². The van der Waals surface area contributed by atoms with Crippen molar-refractivity contribution in [3.05, 3.63) is 59.9 Å². The lowest BCUT2D eigenvalue weighted by molar-refractivity contribution is -0.122. The highest BCUT2D eigenvalue weighted by Crippen LogP contribution is 2.18. The van der Waals surface area contributed by atoms with Gasteiger partial charge in [0, 0.05) is 18.9 Å². The van der Waals surface area contributed by atoms with E-state index >= 15 is 0 Å². The lowest BCUT2D eigenvalue weighted by Crippen LogP contribution is -2.33. The number of imidazole rings is 1. The van der Waals surface area contributed by atoms with E-state index in [9.17, 15) is 4.79 Å². The molecule has 1 saturated heterocycles. The van der Waals surface area contributed by atoms with Gasteiger partial charge in [0.25, 0.3) is 0 Å². The molecule has 0 radical (unpaired) electrons. The zero-order chi connectivity index (χ0) is 20.8. The van der Waals surface area contributed by atoms with Crippen LogP contribution < -0.4 is 5.32 Å². The number of hydrogen-bond donors (Lipinski definition) is 1. The van der Waals surface area contributed by atoms with E-state index < -0.39 is 0 Å². The van der Waals surface area contributed by atoms with Gasteiger partial charge >= 0.3 is 0 Å². The van der Waals surface area contributed by atoms with Crippen molar-refractivity contribution in [3.8, 4) is 0 Å². The fourth-order valence-corrected chi connectivity index (χ4v) is 3.89. The Morgan fingerprint density at radius 2 is 2.00 bits per heavy atom. The number of tetrazole rings is 1. The van der Waals surface area contributed by atoms with Gasteiger partial charge < -0.3 is 9.88 Å². The van der Waals surface area contributed by atoms with Crippen LogP contribution in [0, 0.1) is 6.92 Å². The minimum absolute atomic E-state index is 0.0961. The van der Waals surface area contributed by atoms with Crippen LogP contribution in [0.3, 0.4) is 0 Å². The molecule has 9 nitrogen and oxygen atoms in total. The molecule has 1 amide bonds. The van der Waals surface area contributed by atoms with Crippen LogP contribution in [0.25, 0.3) is 0 Å². The maximum atomic E-state index is 12.9. The number of rotatable bonds is 9. The summed E-state index contributed by atoms with van der Waals surface area (Å²) in [5, 5.41) is 15.1. The average Bonchev–Trinajstić information content (AvgIpc) is 3.50. The lowest BCUT2D eigenvalue weighted by Gasteiger charge is -2.20. The Labute approximate surface area is 176 Å². The molecule has 0 saturated carbocycles. The summed E-state index contributed by atoms with van der Waals surface area (Å²) in [7, 11) is 0. The average molecular weight is 409 g/mol. The minimum atomic E-state index is -0.0981. The summed E-state index contributed by atoms with van der Waals surface area (Å²) in [6, 6.07) is 9.95. The second-order valence-corrected chi connectivity index (χ2v) is 7.72. The predicted octanol–water partition coefficient (Wildman–Crippen LogP) is 1.72. The van der Waals surface area contributed by atoms with Crippen LogP contribution in [0.15, 0.2) is 42.7 Å². The summed E-state index contributed by atoms with van der Waals surface area (Å²) in [6.45, 7) is 5.67. The SMILES string of the molecule is Cc1nccn1CC[C@@H](NC(=O)Cn1nnnc1CN1CCCC1)c1ccccc1. The van der Waals surface area contributed by atoms with E-state index in [1.165, 1.54) is 12.8 Å². The first-order valence-corrected chi connectivity index (χ1v) is 10.5. The molecule has 1 fully saturated rings. The van der Waals surface area contributed by atoms with Gasteiger partial charge in [0.2, 0.25) is 5.91 Å². The summed E-state index contributed by atoms with van der Waals surface area (Å²) >= 11 is 0. The van der Waals surface area contributed by atoms with Crippen LogP contribution in [-0.2, 0) is 24.4 Å². The van der Waals surface area contributed by atoms with Crippen LogP contribution in [0.2, 0.25) is 0 Å². The van der Waals surface area contributed by atoms with Gasteiger partial charge in [-0.15, -0.1) is 5.10 Å². The summed E-state index contributed by atoms with van der Waals surface area (Å²) in [6.07, 6.45) is 6.94. The zero-order valence-corrected chi connectivity index (χ0v) is 17.3. The number of nitrogens with zero attached hydrogens (tertiary/aromatic N) is 7. The molecular formula is C21H28N8O. The van der Waals surface area contributed by atoms with Crippen molar-refractivity contribution in [1.29, 1.82) is 0 Å². The van der Waals surface area contributed by atoms with Crippen LogP contribution in [0.1, 0.15) is 42.5 Å². The molecule has 2 aromatic heterocycles. The Kier molecular flexibility index (Phi) is 6.48. The monoisotopic (exact) mass is 408 g/mol. The lowest BCUT2D eigenvalue weighted by atomic mass is 10.0. The molecule has 4 rings (SSSR count). The maximum Gasteiger partial charge on any atom is 0.242 e. The second kappa shape index (κ2) is 9.62. The first-order chi connectivity index (χ1) is 14.7. The third kappa shape index (κ3) is 5.10. The molecule has 30 heavy (non-hydrogen) atoms. The van der Waals surface area contributed by atoms with Gasteiger partial charge in [-0.05, 0) is 55.3 Å². The van der Waals surface area contributed by atoms with E-state index in [1.807, 2.05) is 43.5 Å². The van der Waals surface area contributed by atoms with Crippen LogP contribution in [0.4, 0.5) is 0 Å². The molecule has 1 aliphatic heterocycles. The molecule has 1 atom stereocenters. The summed E-state index contributed by atoms with van der Waals surface area (Å²) in [4.78, 5) is 19.4. The molecule has 158 valence electrons. The smallest absolute Gasteiger partial charge is 0.242 e. The van der Waals surface area contributed by atoms with Crippen molar-refractivity contribution in [2.45, 2.75) is 51.9 Å². The van der Waals surface area contributed by atoms with E-state index in [-0.39, 0.29) is 18.5 Å². The van der Waals surface area contributed by atoms with Gasteiger partial charge in [0.05, 0.1) is 12.6 Å². The highest BCUT2D eigenvalue weighted by molar-refractivity contribution is 5.76. The first-order valence-electron chi connectivity index (χ1n) is 10.5. The summed E-state index contributed by atoms with van der Waals surface area (Å²) in [5.41, 5.74) is 1.08. The Morgan fingerprint density at radius 3 is 2.73 bits per heavy atom. The number of carbonyl (C=O) groups excluding carboxylic acids is 1. The Morgan fingerprint density at radius 1 is 1.20 bits per heavy atom. The van der Waals surface area contributed by atoms with Gasteiger partial charge in [-0.25, -0.2) is 9.67 Å². The third-order valence-corrected chi connectivity index (χ3v) is 5.58. The highest BCUT2D eigenvalue weighted by Gasteiger charge is 2.19. The summed E-state index contributed by atoms with van der Waals surface area (Å²) < 4.78 is 3.70. The largest absolute Gasteiger partial charge is 0.348 e. The molecule has 3 heterocycles. The number of amides is 1. The molecular weight excluding hydrogens is 380 g/mol. The van der Waals surface area contributed by atoms with Crippen molar-refractivity contribution in [1.82, 2.24) is 40.0 Å². The molecule has 1 aromatic carbocycles. The number of aromatic nitrogens is 6. The van der Waals surface area contributed by atoms with Crippen LogP contribution >= 0.6 is 0 Å². The number of carbonyl (C=O) groups is 1. The maximum absolute atomic E-state index is 12.9. The van der Waals surface area contributed by atoms with E-state index in [2.05, 4.69) is 35.3 Å². The normalized spacial score (nSPS) is 15.4. The van der Waals surface area contributed by atoms with Gasteiger partial charge in [-0.2, -0.15) is 0 Å². The Balaban J connectivity index is 1.40. The number of aryl methyl sites for hydroxylation is 2. The molecule has 0 aliphatic carbocycles.